The van der Waals surface area contributed by atoms with E-state index in [1.54, 1.807) is 25.1 Å². The van der Waals surface area contributed by atoms with Crippen LogP contribution in [0.5, 0.6) is 5.75 Å². The first kappa shape index (κ1) is 13.5. The molecule has 0 aliphatic heterocycles. The fourth-order valence-electron chi connectivity index (χ4n) is 1.64. The zero-order valence-corrected chi connectivity index (χ0v) is 10.4. The number of aliphatic hydroxyl groups excluding tert-OH is 1. The van der Waals surface area contributed by atoms with Crippen molar-refractivity contribution < 1.29 is 18.6 Å². The lowest BCUT2D eigenvalue weighted by Gasteiger charge is -2.10. The Bertz CT molecular complexity index is 551. The zero-order valence-electron chi connectivity index (χ0n) is 10.4. The van der Waals surface area contributed by atoms with Gasteiger partial charge in [0, 0.05) is 0 Å². The Balaban J connectivity index is 2.05. The second-order valence-corrected chi connectivity index (χ2v) is 4.28. The number of ether oxygens (including phenoxy) is 1. The molecular formula is C15H14F2O2. The van der Waals surface area contributed by atoms with Gasteiger partial charge in [0.05, 0.1) is 6.10 Å². The number of rotatable bonds is 4. The van der Waals surface area contributed by atoms with Gasteiger partial charge in [0.25, 0.3) is 0 Å². The van der Waals surface area contributed by atoms with E-state index in [9.17, 15) is 13.9 Å². The molecule has 0 aliphatic carbocycles. The van der Waals surface area contributed by atoms with Crippen molar-refractivity contribution in [1.29, 1.82) is 0 Å². The van der Waals surface area contributed by atoms with E-state index < -0.39 is 11.9 Å². The molecule has 0 aliphatic rings. The summed E-state index contributed by atoms with van der Waals surface area (Å²) in [5.74, 6) is -0.745. The lowest BCUT2D eigenvalue weighted by Crippen LogP contribution is -1.99. The molecule has 2 aromatic carbocycles. The number of aliphatic hydroxyl groups is 1. The van der Waals surface area contributed by atoms with Crippen LogP contribution in [-0.4, -0.2) is 5.11 Å². The van der Waals surface area contributed by atoms with Crippen LogP contribution in [0, 0.1) is 11.6 Å². The first-order valence-electron chi connectivity index (χ1n) is 5.91. The van der Waals surface area contributed by atoms with Crippen LogP contribution in [-0.2, 0) is 6.61 Å². The van der Waals surface area contributed by atoms with Gasteiger partial charge < -0.3 is 9.84 Å². The molecule has 0 spiro atoms. The second-order valence-electron chi connectivity index (χ2n) is 4.28. The van der Waals surface area contributed by atoms with Gasteiger partial charge in [-0.2, -0.15) is 0 Å². The Hall–Kier alpha value is -1.94. The van der Waals surface area contributed by atoms with Crippen molar-refractivity contribution in [1.82, 2.24) is 0 Å². The predicted octanol–water partition coefficient (Wildman–Crippen LogP) is 3.60. The van der Waals surface area contributed by atoms with Crippen molar-refractivity contribution >= 4 is 0 Å². The topological polar surface area (TPSA) is 29.5 Å². The smallest absolute Gasteiger partial charge is 0.165 e. The monoisotopic (exact) mass is 264 g/mol. The molecule has 100 valence electrons. The van der Waals surface area contributed by atoms with Crippen molar-refractivity contribution in [2.24, 2.45) is 0 Å². The highest BCUT2D eigenvalue weighted by Crippen LogP contribution is 2.22. The van der Waals surface area contributed by atoms with E-state index in [1.807, 2.05) is 0 Å². The van der Waals surface area contributed by atoms with Gasteiger partial charge in [-0.05, 0) is 42.3 Å². The van der Waals surface area contributed by atoms with Crippen LogP contribution in [0.15, 0.2) is 42.5 Å². The third-order valence-corrected chi connectivity index (χ3v) is 2.75. The summed E-state index contributed by atoms with van der Waals surface area (Å²) in [7, 11) is 0. The van der Waals surface area contributed by atoms with Gasteiger partial charge in [0.1, 0.15) is 12.4 Å². The summed E-state index contributed by atoms with van der Waals surface area (Å²) in [6.07, 6.45) is -0.722. The molecule has 1 atom stereocenters. The lowest BCUT2D eigenvalue weighted by atomic mass is 10.1. The van der Waals surface area contributed by atoms with Crippen LogP contribution in [0.1, 0.15) is 24.2 Å². The van der Waals surface area contributed by atoms with Crippen LogP contribution in [0.2, 0.25) is 0 Å². The molecule has 0 aromatic heterocycles. The largest absolute Gasteiger partial charge is 0.486 e. The molecule has 0 fully saturated rings. The molecule has 2 rings (SSSR count). The van der Waals surface area contributed by atoms with Gasteiger partial charge >= 0.3 is 0 Å². The Labute approximate surface area is 110 Å². The third-order valence-electron chi connectivity index (χ3n) is 2.75. The summed E-state index contributed by atoms with van der Waals surface area (Å²) in [5, 5.41) is 9.33. The maximum atomic E-state index is 13.7. The molecule has 0 heterocycles. The lowest BCUT2D eigenvalue weighted by molar-refractivity contribution is 0.198. The van der Waals surface area contributed by atoms with E-state index in [1.165, 1.54) is 24.3 Å². The average molecular weight is 264 g/mol. The Morgan fingerprint density at radius 2 is 1.79 bits per heavy atom. The minimum Gasteiger partial charge on any atom is -0.486 e. The molecular weight excluding hydrogens is 250 g/mol. The fraction of sp³-hybridized carbons (Fsp3) is 0.200. The maximum absolute atomic E-state index is 13.7. The highest BCUT2D eigenvalue weighted by Gasteiger charge is 2.08. The van der Waals surface area contributed by atoms with E-state index in [0.29, 0.717) is 5.56 Å². The Kier molecular flexibility index (Phi) is 4.12. The molecule has 2 aromatic rings. The molecule has 0 saturated heterocycles. The number of halogens is 2. The minimum absolute atomic E-state index is 0.105. The summed E-state index contributed by atoms with van der Waals surface area (Å²) in [6, 6.07) is 10.1. The number of hydrogen-bond acceptors (Lipinski definition) is 2. The summed E-state index contributed by atoms with van der Waals surface area (Å²) in [5.41, 5.74) is 1.24. The SMILES string of the molecule is CC(O)c1ccc(OCc2ccc(F)cc2)c(F)c1. The summed E-state index contributed by atoms with van der Waals surface area (Å²) < 4.78 is 31.7. The maximum Gasteiger partial charge on any atom is 0.165 e. The van der Waals surface area contributed by atoms with Gasteiger partial charge in [0.2, 0.25) is 0 Å². The zero-order chi connectivity index (χ0) is 13.8. The molecule has 2 nitrogen and oxygen atoms in total. The Morgan fingerprint density at radius 1 is 1.11 bits per heavy atom. The second kappa shape index (κ2) is 5.80. The molecule has 0 amide bonds. The van der Waals surface area contributed by atoms with Gasteiger partial charge in [-0.3, -0.25) is 0 Å². The van der Waals surface area contributed by atoms with Crippen molar-refractivity contribution in [3.05, 3.63) is 65.2 Å². The van der Waals surface area contributed by atoms with E-state index in [2.05, 4.69) is 0 Å². The van der Waals surface area contributed by atoms with Crippen LogP contribution in [0.4, 0.5) is 8.78 Å². The van der Waals surface area contributed by atoms with Crippen LogP contribution >= 0.6 is 0 Å². The molecule has 4 heteroatoms. The van der Waals surface area contributed by atoms with Crippen molar-refractivity contribution in [3.63, 3.8) is 0 Å². The number of benzene rings is 2. The Morgan fingerprint density at radius 3 is 2.37 bits per heavy atom. The average Bonchev–Trinajstić information content (AvgIpc) is 2.39. The van der Waals surface area contributed by atoms with E-state index in [4.69, 9.17) is 4.74 Å². The van der Waals surface area contributed by atoms with Crippen molar-refractivity contribution in [3.8, 4) is 5.75 Å². The van der Waals surface area contributed by atoms with Crippen LogP contribution in [0.3, 0.4) is 0 Å². The molecule has 1 unspecified atom stereocenters. The van der Waals surface area contributed by atoms with E-state index >= 15 is 0 Å². The fourth-order valence-corrected chi connectivity index (χ4v) is 1.64. The quantitative estimate of drug-likeness (QED) is 0.914. The van der Waals surface area contributed by atoms with E-state index in [0.717, 1.165) is 5.56 Å². The normalized spacial score (nSPS) is 12.2. The van der Waals surface area contributed by atoms with Gasteiger partial charge in [0.15, 0.2) is 11.6 Å². The van der Waals surface area contributed by atoms with Crippen LogP contribution in [0.25, 0.3) is 0 Å². The van der Waals surface area contributed by atoms with Crippen molar-refractivity contribution in [2.75, 3.05) is 0 Å². The van der Waals surface area contributed by atoms with Gasteiger partial charge in [-0.25, -0.2) is 8.78 Å². The first-order chi connectivity index (χ1) is 9.06. The van der Waals surface area contributed by atoms with Crippen LogP contribution < -0.4 is 4.74 Å². The van der Waals surface area contributed by atoms with Gasteiger partial charge in [-0.15, -0.1) is 0 Å². The van der Waals surface area contributed by atoms with E-state index in [-0.39, 0.29) is 18.2 Å². The standard InChI is InChI=1S/C15H14F2O2/c1-10(18)12-4-7-15(14(17)8-12)19-9-11-2-5-13(16)6-3-11/h2-8,10,18H,9H2,1H3. The highest BCUT2D eigenvalue weighted by atomic mass is 19.1. The molecule has 0 bridgehead atoms. The van der Waals surface area contributed by atoms with Crippen molar-refractivity contribution in [2.45, 2.75) is 19.6 Å². The minimum atomic E-state index is -0.722. The van der Waals surface area contributed by atoms with Gasteiger partial charge in [-0.1, -0.05) is 18.2 Å². The predicted molar refractivity (Wildman–Crippen MR) is 67.8 cm³/mol. The molecule has 19 heavy (non-hydrogen) atoms. The third kappa shape index (κ3) is 3.51. The molecule has 1 N–H and O–H groups in total. The molecule has 0 radical (unpaired) electrons. The summed E-state index contributed by atoms with van der Waals surface area (Å²) in [6.45, 7) is 1.72. The summed E-state index contributed by atoms with van der Waals surface area (Å²) in [4.78, 5) is 0. The summed E-state index contributed by atoms with van der Waals surface area (Å²) >= 11 is 0. The first-order valence-corrected chi connectivity index (χ1v) is 5.91. The number of hydrogen-bond donors (Lipinski definition) is 1. The highest BCUT2D eigenvalue weighted by molar-refractivity contribution is 5.30. The molecule has 0 saturated carbocycles.